The first-order chi connectivity index (χ1) is 6.70. The molecule has 0 radical (unpaired) electrons. The lowest BCUT2D eigenvalue weighted by molar-refractivity contribution is -0.645. The Morgan fingerprint density at radius 2 is 1.93 bits per heavy atom. The molecule has 0 atom stereocenters. The van der Waals surface area contributed by atoms with Gasteiger partial charge in [0.15, 0.2) is 12.0 Å². The summed E-state index contributed by atoms with van der Waals surface area (Å²) in [6, 6.07) is 9.79. The standard InChI is InChI=1S/C12H12NO/c1-9(14)11-7-3-5-10-6-4-8-13(2)12(10)11/h3-8H,1-2H3/q+1. The van der Waals surface area contributed by atoms with Crippen LogP contribution in [0.4, 0.5) is 0 Å². The molecule has 2 rings (SSSR count). The summed E-state index contributed by atoms with van der Waals surface area (Å²) in [7, 11) is 1.95. The molecule has 0 fully saturated rings. The molecular formula is C12H12NO+. The molecule has 0 aliphatic carbocycles. The van der Waals surface area contributed by atoms with E-state index in [0.717, 1.165) is 16.5 Å². The maximum atomic E-state index is 11.4. The third kappa shape index (κ3) is 1.29. The maximum Gasteiger partial charge on any atom is 0.223 e. The van der Waals surface area contributed by atoms with Crippen LogP contribution in [0.2, 0.25) is 0 Å². The molecule has 0 aliphatic heterocycles. The third-order valence-electron chi connectivity index (χ3n) is 2.38. The zero-order valence-electron chi connectivity index (χ0n) is 8.32. The normalized spacial score (nSPS) is 10.4. The maximum absolute atomic E-state index is 11.4. The summed E-state index contributed by atoms with van der Waals surface area (Å²) in [5, 5.41) is 1.10. The molecule has 70 valence electrons. The molecular weight excluding hydrogens is 174 g/mol. The number of aryl methyl sites for hydroxylation is 1. The summed E-state index contributed by atoms with van der Waals surface area (Å²) in [4.78, 5) is 11.4. The summed E-state index contributed by atoms with van der Waals surface area (Å²) in [5.74, 6) is 0.109. The Hall–Kier alpha value is -1.70. The number of fused-ring (bicyclic) bond motifs is 1. The molecule has 14 heavy (non-hydrogen) atoms. The van der Waals surface area contributed by atoms with Crippen molar-refractivity contribution in [3.05, 3.63) is 42.1 Å². The minimum Gasteiger partial charge on any atom is -0.294 e. The van der Waals surface area contributed by atoms with Crippen molar-refractivity contribution in [1.29, 1.82) is 0 Å². The van der Waals surface area contributed by atoms with Gasteiger partial charge in [-0.2, -0.15) is 0 Å². The molecule has 2 aromatic rings. The SMILES string of the molecule is CC(=O)c1cccc2ccc[n+](C)c12. The zero-order chi connectivity index (χ0) is 10.1. The van der Waals surface area contributed by atoms with Gasteiger partial charge in [0.05, 0.1) is 5.56 Å². The minimum absolute atomic E-state index is 0.109. The number of carbonyl (C=O) groups is 1. The highest BCUT2D eigenvalue weighted by molar-refractivity contribution is 6.04. The molecule has 0 saturated carbocycles. The number of Topliss-reactive ketones (excluding diaryl/α,β-unsaturated/α-hetero) is 1. The number of para-hydroxylation sites is 1. The van der Waals surface area contributed by atoms with Crippen LogP contribution >= 0.6 is 0 Å². The molecule has 0 aliphatic rings. The van der Waals surface area contributed by atoms with Crippen molar-refractivity contribution in [3.63, 3.8) is 0 Å². The monoisotopic (exact) mass is 186 g/mol. The molecule has 1 aromatic heterocycles. The quantitative estimate of drug-likeness (QED) is 0.492. The van der Waals surface area contributed by atoms with Gasteiger partial charge >= 0.3 is 0 Å². The highest BCUT2D eigenvalue weighted by Gasteiger charge is 2.12. The second kappa shape index (κ2) is 3.22. The van der Waals surface area contributed by atoms with E-state index in [9.17, 15) is 4.79 Å². The van der Waals surface area contributed by atoms with E-state index < -0.39 is 0 Å². The number of ketones is 1. The lowest BCUT2D eigenvalue weighted by atomic mass is 10.1. The van der Waals surface area contributed by atoms with E-state index in [1.54, 1.807) is 6.92 Å². The Morgan fingerprint density at radius 3 is 2.64 bits per heavy atom. The first-order valence-corrected chi connectivity index (χ1v) is 4.58. The first kappa shape index (κ1) is 8.88. The molecule has 0 saturated heterocycles. The Balaban J connectivity index is 2.91. The molecule has 0 unspecified atom stereocenters. The Kier molecular flexibility index (Phi) is 2.04. The second-order valence-electron chi connectivity index (χ2n) is 3.42. The van der Waals surface area contributed by atoms with E-state index >= 15 is 0 Å². The van der Waals surface area contributed by atoms with Gasteiger partial charge < -0.3 is 0 Å². The van der Waals surface area contributed by atoms with Crippen LogP contribution in [0, 0.1) is 0 Å². The van der Waals surface area contributed by atoms with E-state index in [1.807, 2.05) is 48.1 Å². The molecule has 0 bridgehead atoms. The van der Waals surface area contributed by atoms with Gasteiger partial charge in [-0.15, -0.1) is 0 Å². The Morgan fingerprint density at radius 1 is 1.21 bits per heavy atom. The van der Waals surface area contributed by atoms with Crippen molar-refractivity contribution in [2.45, 2.75) is 6.92 Å². The average molecular weight is 186 g/mol. The smallest absolute Gasteiger partial charge is 0.223 e. The molecule has 0 N–H and O–H groups in total. The molecule has 0 spiro atoms. The lowest BCUT2D eigenvalue weighted by Gasteiger charge is -2.00. The summed E-state index contributed by atoms with van der Waals surface area (Å²) in [6.07, 6.45) is 1.95. The van der Waals surface area contributed by atoms with Gasteiger partial charge in [0.2, 0.25) is 5.52 Å². The summed E-state index contributed by atoms with van der Waals surface area (Å²) >= 11 is 0. The number of hydrogen-bond donors (Lipinski definition) is 0. The van der Waals surface area contributed by atoms with Crippen molar-refractivity contribution in [1.82, 2.24) is 0 Å². The third-order valence-corrected chi connectivity index (χ3v) is 2.38. The van der Waals surface area contributed by atoms with Crippen LogP contribution < -0.4 is 4.57 Å². The van der Waals surface area contributed by atoms with Gasteiger partial charge in [-0.05, 0) is 25.1 Å². The van der Waals surface area contributed by atoms with Gasteiger partial charge in [0.25, 0.3) is 0 Å². The number of aromatic nitrogens is 1. The minimum atomic E-state index is 0.109. The largest absolute Gasteiger partial charge is 0.294 e. The van der Waals surface area contributed by atoms with Crippen LogP contribution in [0.15, 0.2) is 36.5 Å². The van der Waals surface area contributed by atoms with Crippen LogP contribution in [0.25, 0.3) is 10.9 Å². The fourth-order valence-corrected chi connectivity index (χ4v) is 1.72. The van der Waals surface area contributed by atoms with Gasteiger partial charge in [0, 0.05) is 11.5 Å². The molecule has 1 aromatic carbocycles. The topological polar surface area (TPSA) is 20.9 Å². The van der Waals surface area contributed by atoms with Gasteiger partial charge in [-0.25, -0.2) is 4.57 Å². The number of benzene rings is 1. The predicted octanol–water partition coefficient (Wildman–Crippen LogP) is 1.87. The van der Waals surface area contributed by atoms with Crippen LogP contribution in [0.3, 0.4) is 0 Å². The van der Waals surface area contributed by atoms with Gasteiger partial charge in [0.1, 0.15) is 7.05 Å². The Bertz CT molecular complexity index is 497. The number of hydrogen-bond acceptors (Lipinski definition) is 1. The summed E-state index contributed by atoms with van der Waals surface area (Å²) in [6.45, 7) is 1.60. The van der Waals surface area contributed by atoms with E-state index in [0.29, 0.717) is 0 Å². The Labute approximate surface area is 82.8 Å². The highest BCUT2D eigenvalue weighted by Crippen LogP contribution is 2.14. The molecule has 2 heteroatoms. The van der Waals surface area contributed by atoms with Crippen molar-refractivity contribution >= 4 is 16.7 Å². The van der Waals surface area contributed by atoms with Crippen LogP contribution in [-0.2, 0) is 7.05 Å². The molecule has 2 nitrogen and oxygen atoms in total. The second-order valence-corrected chi connectivity index (χ2v) is 3.42. The molecule has 1 heterocycles. The summed E-state index contributed by atoms with van der Waals surface area (Å²) in [5.41, 5.74) is 1.79. The van der Waals surface area contributed by atoms with Gasteiger partial charge in [-0.1, -0.05) is 6.07 Å². The number of nitrogens with zero attached hydrogens (tertiary/aromatic N) is 1. The number of carbonyl (C=O) groups excluding carboxylic acids is 1. The summed E-state index contributed by atoms with van der Waals surface area (Å²) < 4.78 is 1.98. The zero-order valence-corrected chi connectivity index (χ0v) is 8.32. The lowest BCUT2D eigenvalue weighted by Crippen LogP contribution is -2.29. The molecule has 0 amide bonds. The first-order valence-electron chi connectivity index (χ1n) is 4.58. The van der Waals surface area contributed by atoms with Crippen LogP contribution in [0.5, 0.6) is 0 Å². The number of pyridine rings is 1. The van der Waals surface area contributed by atoms with Crippen molar-refractivity contribution < 1.29 is 9.36 Å². The van der Waals surface area contributed by atoms with Crippen molar-refractivity contribution in [2.24, 2.45) is 7.05 Å². The van der Waals surface area contributed by atoms with Crippen LogP contribution in [-0.4, -0.2) is 5.78 Å². The van der Waals surface area contributed by atoms with E-state index in [2.05, 4.69) is 0 Å². The van der Waals surface area contributed by atoms with Crippen molar-refractivity contribution in [2.75, 3.05) is 0 Å². The average Bonchev–Trinajstić information content (AvgIpc) is 2.17. The number of rotatable bonds is 1. The van der Waals surface area contributed by atoms with E-state index in [1.165, 1.54) is 0 Å². The predicted molar refractivity (Wildman–Crippen MR) is 55.1 cm³/mol. The van der Waals surface area contributed by atoms with Crippen molar-refractivity contribution in [3.8, 4) is 0 Å². The van der Waals surface area contributed by atoms with Crippen LogP contribution in [0.1, 0.15) is 17.3 Å². The van der Waals surface area contributed by atoms with Gasteiger partial charge in [-0.3, -0.25) is 4.79 Å². The van der Waals surface area contributed by atoms with E-state index in [-0.39, 0.29) is 5.78 Å². The highest BCUT2D eigenvalue weighted by atomic mass is 16.1. The van der Waals surface area contributed by atoms with E-state index in [4.69, 9.17) is 0 Å². The fraction of sp³-hybridized carbons (Fsp3) is 0.167. The fourth-order valence-electron chi connectivity index (χ4n) is 1.72.